The summed E-state index contributed by atoms with van der Waals surface area (Å²) in [5.41, 5.74) is 0. The molecule has 1 amide bonds. The van der Waals surface area contributed by atoms with Gasteiger partial charge in [-0.3, -0.25) is 9.59 Å². The van der Waals surface area contributed by atoms with Gasteiger partial charge in [0.05, 0.1) is 7.11 Å². The van der Waals surface area contributed by atoms with E-state index in [1.165, 1.54) is 46.0 Å². The third kappa shape index (κ3) is 8.23. The number of nitrogens with one attached hydrogen (secondary N) is 1. The van der Waals surface area contributed by atoms with Crippen molar-refractivity contribution in [1.82, 2.24) is 15.1 Å². The van der Waals surface area contributed by atoms with Crippen molar-refractivity contribution in [2.24, 2.45) is 17.8 Å². The first-order valence-electron chi connectivity index (χ1n) is 10.9. The Kier molecular flexibility index (Phi) is 12.5. The first-order valence-corrected chi connectivity index (χ1v) is 10.9. The number of esters is 1. The van der Waals surface area contributed by atoms with Crippen LogP contribution >= 0.6 is 24.8 Å². The molecule has 0 bridgehead atoms. The molecule has 1 N–H and O–H groups in total. The highest BCUT2D eigenvalue weighted by Crippen LogP contribution is 2.26. The number of hydrogen-bond acceptors (Lipinski definition) is 5. The topological polar surface area (TPSA) is 61.9 Å². The number of hydrogen-bond donors (Lipinski definition) is 1. The largest absolute Gasteiger partial charge is 0.469 e. The van der Waals surface area contributed by atoms with Crippen molar-refractivity contribution >= 4 is 36.7 Å². The Hall–Kier alpha value is -0.560. The van der Waals surface area contributed by atoms with E-state index in [2.05, 4.69) is 10.2 Å². The van der Waals surface area contributed by atoms with E-state index in [-0.39, 0.29) is 36.7 Å². The van der Waals surface area contributed by atoms with Crippen LogP contribution in [0, 0.1) is 17.8 Å². The summed E-state index contributed by atoms with van der Waals surface area (Å²) in [5, 5.41) is 3.44. The fourth-order valence-corrected chi connectivity index (χ4v) is 4.87. The zero-order valence-electron chi connectivity index (χ0n) is 17.8. The number of piperidine rings is 3. The maximum Gasteiger partial charge on any atom is 0.305 e. The number of halogens is 2. The summed E-state index contributed by atoms with van der Waals surface area (Å²) in [4.78, 5) is 28.9. The fraction of sp³-hybridized carbons (Fsp3) is 0.905. The minimum atomic E-state index is -0.128. The van der Waals surface area contributed by atoms with Gasteiger partial charge in [-0.1, -0.05) is 0 Å². The molecule has 0 aromatic carbocycles. The highest BCUT2D eigenvalue weighted by Gasteiger charge is 2.31. The molecule has 0 radical (unpaired) electrons. The molecule has 170 valence electrons. The molecular formula is C21H39Cl2N3O3. The smallest absolute Gasteiger partial charge is 0.305 e. The summed E-state index contributed by atoms with van der Waals surface area (Å²) in [6, 6.07) is 0. The van der Waals surface area contributed by atoms with Crippen molar-refractivity contribution in [2.45, 2.75) is 51.4 Å². The SMILES string of the molecule is COC(=O)CC1CCN(C(=O)C2CCN(CCC3CCNCC3)CC2)CC1.Cl.Cl. The van der Waals surface area contributed by atoms with Crippen LogP contribution in [0.15, 0.2) is 0 Å². The molecule has 29 heavy (non-hydrogen) atoms. The third-order valence-electron chi connectivity index (χ3n) is 6.86. The number of nitrogens with zero attached hydrogens (tertiary/aromatic N) is 2. The highest BCUT2D eigenvalue weighted by molar-refractivity contribution is 5.85. The Morgan fingerprint density at radius 2 is 1.52 bits per heavy atom. The first kappa shape index (κ1) is 26.5. The summed E-state index contributed by atoms with van der Waals surface area (Å²) in [6.45, 7) is 7.30. The molecule has 0 aromatic heterocycles. The maximum absolute atomic E-state index is 12.9. The molecule has 3 heterocycles. The van der Waals surface area contributed by atoms with Crippen molar-refractivity contribution in [2.75, 3.05) is 52.9 Å². The number of likely N-dealkylation sites (tertiary alicyclic amines) is 2. The van der Waals surface area contributed by atoms with Gasteiger partial charge in [0, 0.05) is 25.4 Å². The Morgan fingerprint density at radius 3 is 2.10 bits per heavy atom. The van der Waals surface area contributed by atoms with Gasteiger partial charge >= 0.3 is 5.97 Å². The zero-order chi connectivity index (χ0) is 19.1. The molecule has 3 aliphatic heterocycles. The number of ether oxygens (including phenoxy) is 1. The lowest BCUT2D eigenvalue weighted by atomic mass is 9.90. The van der Waals surface area contributed by atoms with Crippen molar-refractivity contribution < 1.29 is 14.3 Å². The second kappa shape index (κ2) is 13.7. The molecule has 0 spiro atoms. The zero-order valence-corrected chi connectivity index (χ0v) is 19.4. The maximum atomic E-state index is 12.9. The minimum Gasteiger partial charge on any atom is -0.469 e. The van der Waals surface area contributed by atoms with Crippen LogP contribution in [0.25, 0.3) is 0 Å². The van der Waals surface area contributed by atoms with E-state index in [0.29, 0.717) is 18.2 Å². The van der Waals surface area contributed by atoms with E-state index in [9.17, 15) is 9.59 Å². The predicted octanol–water partition coefficient (Wildman–Crippen LogP) is 2.73. The van der Waals surface area contributed by atoms with E-state index in [1.807, 2.05) is 4.90 Å². The van der Waals surface area contributed by atoms with Gasteiger partial charge < -0.3 is 19.9 Å². The second-order valence-corrected chi connectivity index (χ2v) is 8.65. The normalized spacial score (nSPS) is 22.4. The fourth-order valence-electron chi connectivity index (χ4n) is 4.87. The minimum absolute atomic E-state index is 0. The lowest BCUT2D eigenvalue weighted by Gasteiger charge is -2.37. The average Bonchev–Trinajstić information content (AvgIpc) is 2.73. The van der Waals surface area contributed by atoms with Gasteiger partial charge in [-0.2, -0.15) is 0 Å². The summed E-state index contributed by atoms with van der Waals surface area (Å²) in [6.07, 6.45) is 8.32. The lowest BCUT2D eigenvalue weighted by molar-refractivity contribution is -0.142. The van der Waals surface area contributed by atoms with Gasteiger partial charge in [-0.15, -0.1) is 24.8 Å². The number of carbonyl (C=O) groups excluding carboxylic acids is 2. The Morgan fingerprint density at radius 1 is 0.897 bits per heavy atom. The standard InChI is InChI=1S/C21H37N3O3.2ClH/c1-27-20(25)16-18-5-14-24(15-6-18)21(26)19-7-12-23(13-8-19)11-4-17-2-9-22-10-3-17;;/h17-19,22H,2-16H2,1H3;2*1H. The van der Waals surface area contributed by atoms with E-state index in [4.69, 9.17) is 4.74 Å². The molecule has 0 aromatic rings. The Balaban J connectivity index is 0.00000210. The molecule has 3 saturated heterocycles. The van der Waals surface area contributed by atoms with Gasteiger partial charge in [0.25, 0.3) is 0 Å². The van der Waals surface area contributed by atoms with Crippen LogP contribution in [0.5, 0.6) is 0 Å². The Labute approximate surface area is 188 Å². The van der Waals surface area contributed by atoms with Crippen LogP contribution in [-0.2, 0) is 14.3 Å². The molecule has 0 atom stereocenters. The van der Waals surface area contributed by atoms with Gasteiger partial charge in [-0.25, -0.2) is 0 Å². The van der Waals surface area contributed by atoms with E-state index in [1.54, 1.807) is 0 Å². The average molecular weight is 452 g/mol. The highest BCUT2D eigenvalue weighted by atomic mass is 35.5. The lowest BCUT2D eigenvalue weighted by Crippen LogP contribution is -2.46. The number of rotatable bonds is 6. The van der Waals surface area contributed by atoms with Crippen molar-refractivity contribution in [3.63, 3.8) is 0 Å². The number of carbonyl (C=O) groups is 2. The van der Waals surface area contributed by atoms with E-state index < -0.39 is 0 Å². The molecule has 3 aliphatic rings. The van der Waals surface area contributed by atoms with Crippen molar-refractivity contribution in [3.8, 4) is 0 Å². The molecule has 3 fully saturated rings. The third-order valence-corrected chi connectivity index (χ3v) is 6.86. The summed E-state index contributed by atoms with van der Waals surface area (Å²) in [7, 11) is 1.44. The van der Waals surface area contributed by atoms with Gasteiger partial charge in [0.1, 0.15) is 0 Å². The van der Waals surface area contributed by atoms with Gasteiger partial charge in [-0.05, 0) is 89.5 Å². The monoisotopic (exact) mass is 451 g/mol. The van der Waals surface area contributed by atoms with Gasteiger partial charge in [0.15, 0.2) is 0 Å². The van der Waals surface area contributed by atoms with Gasteiger partial charge in [0.2, 0.25) is 5.91 Å². The van der Waals surface area contributed by atoms with E-state index in [0.717, 1.165) is 57.8 Å². The van der Waals surface area contributed by atoms with Crippen molar-refractivity contribution in [1.29, 1.82) is 0 Å². The summed E-state index contributed by atoms with van der Waals surface area (Å²) >= 11 is 0. The molecule has 3 rings (SSSR count). The van der Waals surface area contributed by atoms with Crippen LogP contribution in [0.3, 0.4) is 0 Å². The van der Waals surface area contributed by atoms with Crippen LogP contribution in [-0.4, -0.2) is 74.6 Å². The number of methoxy groups -OCH3 is 1. The van der Waals surface area contributed by atoms with Crippen LogP contribution < -0.4 is 5.32 Å². The van der Waals surface area contributed by atoms with Crippen LogP contribution in [0.4, 0.5) is 0 Å². The summed E-state index contributed by atoms with van der Waals surface area (Å²) < 4.78 is 4.76. The van der Waals surface area contributed by atoms with Crippen molar-refractivity contribution in [3.05, 3.63) is 0 Å². The molecule has 0 unspecified atom stereocenters. The molecule has 6 nitrogen and oxygen atoms in total. The molecule has 0 saturated carbocycles. The Bertz CT molecular complexity index is 488. The molecule has 8 heteroatoms. The van der Waals surface area contributed by atoms with E-state index >= 15 is 0 Å². The van der Waals surface area contributed by atoms with Crippen LogP contribution in [0.1, 0.15) is 51.4 Å². The molecule has 0 aliphatic carbocycles. The predicted molar refractivity (Wildman–Crippen MR) is 120 cm³/mol. The quantitative estimate of drug-likeness (QED) is 0.628. The second-order valence-electron chi connectivity index (χ2n) is 8.65. The number of amides is 1. The first-order chi connectivity index (χ1) is 13.2. The van der Waals surface area contributed by atoms with Crippen LogP contribution in [0.2, 0.25) is 0 Å². The molecular weight excluding hydrogens is 413 g/mol. The summed E-state index contributed by atoms with van der Waals surface area (Å²) in [5.74, 6) is 1.69.